The number of hydrogen-bond donors (Lipinski definition) is 0. The molecule has 0 saturated carbocycles. The van der Waals surface area contributed by atoms with Crippen molar-refractivity contribution in [3.05, 3.63) is 65.7 Å². The number of nitriles is 1. The van der Waals surface area contributed by atoms with Gasteiger partial charge in [-0.25, -0.2) is 0 Å². The van der Waals surface area contributed by atoms with Crippen molar-refractivity contribution >= 4 is 6.34 Å². The first-order chi connectivity index (χ1) is 12.3. The summed E-state index contributed by atoms with van der Waals surface area (Å²) in [4.78, 5) is 4.68. The van der Waals surface area contributed by atoms with Gasteiger partial charge in [-0.05, 0) is 17.2 Å². The Balaban J connectivity index is 1.78. The fourth-order valence-electron chi connectivity index (χ4n) is 3.01. The van der Waals surface area contributed by atoms with Crippen molar-refractivity contribution in [2.75, 3.05) is 13.7 Å². The van der Waals surface area contributed by atoms with Gasteiger partial charge >= 0.3 is 0 Å². The van der Waals surface area contributed by atoms with Gasteiger partial charge in [-0.15, -0.1) is 0 Å². The summed E-state index contributed by atoms with van der Waals surface area (Å²) in [6, 6.07) is 20.6. The quantitative estimate of drug-likeness (QED) is 0.780. The highest BCUT2D eigenvalue weighted by atomic mass is 16.5. The number of para-hydroxylation sites is 1. The van der Waals surface area contributed by atoms with Gasteiger partial charge in [0.2, 0.25) is 0 Å². The maximum Gasteiger partial charge on any atom is 0.125 e. The lowest BCUT2D eigenvalue weighted by Gasteiger charge is -2.31. The van der Waals surface area contributed by atoms with E-state index in [1.807, 2.05) is 42.7 Å². The number of nitrogens with zero attached hydrogens (tertiary/aromatic N) is 4. The molecule has 2 aromatic rings. The molecular weight excluding hydrogens is 312 g/mol. The van der Waals surface area contributed by atoms with Gasteiger partial charge in [-0.3, -0.25) is 10.0 Å². The Morgan fingerprint density at radius 2 is 1.88 bits per heavy atom. The number of rotatable bonds is 7. The second kappa shape index (κ2) is 8.32. The van der Waals surface area contributed by atoms with Gasteiger partial charge in [0.05, 0.1) is 19.6 Å². The molecule has 1 aliphatic heterocycles. The molecule has 25 heavy (non-hydrogen) atoms. The van der Waals surface area contributed by atoms with E-state index >= 15 is 0 Å². The molecule has 3 rings (SSSR count). The zero-order valence-corrected chi connectivity index (χ0v) is 14.4. The molecule has 1 atom stereocenters. The lowest BCUT2D eigenvalue weighted by atomic mass is 10.1. The van der Waals surface area contributed by atoms with Crippen LogP contribution in [0.1, 0.15) is 17.5 Å². The summed E-state index contributed by atoms with van der Waals surface area (Å²) >= 11 is 0. The van der Waals surface area contributed by atoms with Gasteiger partial charge in [0, 0.05) is 19.5 Å². The summed E-state index contributed by atoms with van der Waals surface area (Å²) < 4.78 is 5.47. The first-order valence-corrected chi connectivity index (χ1v) is 8.41. The molecule has 5 nitrogen and oxygen atoms in total. The average Bonchev–Trinajstić information content (AvgIpc) is 3.03. The van der Waals surface area contributed by atoms with Gasteiger partial charge in [0.25, 0.3) is 0 Å². The predicted octanol–water partition coefficient (Wildman–Crippen LogP) is 3.24. The second-order valence-corrected chi connectivity index (χ2v) is 5.92. The number of benzene rings is 2. The second-order valence-electron chi connectivity index (χ2n) is 5.92. The van der Waals surface area contributed by atoms with E-state index in [-0.39, 0.29) is 6.17 Å². The van der Waals surface area contributed by atoms with Crippen molar-refractivity contribution in [2.24, 2.45) is 4.99 Å². The van der Waals surface area contributed by atoms with Gasteiger partial charge in [-0.1, -0.05) is 48.5 Å². The van der Waals surface area contributed by atoms with E-state index in [0.29, 0.717) is 13.0 Å². The topological polar surface area (TPSA) is 51.9 Å². The molecule has 0 N–H and O–H groups in total. The molecule has 1 aliphatic rings. The summed E-state index contributed by atoms with van der Waals surface area (Å²) in [6.45, 7) is 1.40. The molecule has 0 saturated heterocycles. The van der Waals surface area contributed by atoms with Crippen LogP contribution in [0.3, 0.4) is 0 Å². The Morgan fingerprint density at radius 1 is 1.12 bits per heavy atom. The number of ether oxygens (including phenoxy) is 1. The van der Waals surface area contributed by atoms with Crippen LogP contribution in [0.25, 0.3) is 0 Å². The van der Waals surface area contributed by atoms with E-state index < -0.39 is 0 Å². The van der Waals surface area contributed by atoms with Crippen LogP contribution in [0.2, 0.25) is 0 Å². The van der Waals surface area contributed by atoms with Crippen molar-refractivity contribution in [2.45, 2.75) is 25.6 Å². The highest BCUT2D eigenvalue weighted by Crippen LogP contribution is 2.25. The van der Waals surface area contributed by atoms with Crippen LogP contribution in [0.4, 0.5) is 0 Å². The van der Waals surface area contributed by atoms with Crippen LogP contribution in [0.5, 0.6) is 5.75 Å². The van der Waals surface area contributed by atoms with Gasteiger partial charge in [-0.2, -0.15) is 10.3 Å². The molecule has 0 aliphatic carbocycles. The van der Waals surface area contributed by atoms with Gasteiger partial charge in [0.1, 0.15) is 18.3 Å². The van der Waals surface area contributed by atoms with Crippen LogP contribution >= 0.6 is 0 Å². The monoisotopic (exact) mass is 334 g/mol. The third-order valence-corrected chi connectivity index (χ3v) is 4.28. The minimum Gasteiger partial charge on any atom is -0.496 e. The Bertz CT molecular complexity index is 754. The van der Waals surface area contributed by atoms with E-state index in [1.54, 1.807) is 7.11 Å². The Kier molecular flexibility index (Phi) is 5.65. The lowest BCUT2D eigenvalue weighted by molar-refractivity contribution is 0.0215. The van der Waals surface area contributed by atoms with E-state index in [0.717, 1.165) is 24.3 Å². The van der Waals surface area contributed by atoms with Crippen LogP contribution in [-0.4, -0.2) is 36.2 Å². The summed E-state index contributed by atoms with van der Waals surface area (Å²) in [5.41, 5.74) is 2.35. The number of aliphatic imine (C=N–C) groups is 1. The minimum absolute atomic E-state index is 0.00445. The molecule has 0 fully saturated rings. The number of hydrazine groups is 1. The molecule has 1 unspecified atom stereocenters. The summed E-state index contributed by atoms with van der Waals surface area (Å²) in [6.07, 6.45) is 3.07. The fourth-order valence-corrected chi connectivity index (χ4v) is 3.01. The summed E-state index contributed by atoms with van der Waals surface area (Å²) in [7, 11) is 1.69. The highest BCUT2D eigenvalue weighted by Gasteiger charge is 2.28. The molecule has 128 valence electrons. The standard InChI is InChI=1S/C20H22N4O/c1-25-19-11-6-5-10-18(19)14-20-22-16-23(13-7-12-21)24(20)15-17-8-3-2-4-9-17/h2-6,8-11,16,20H,7,13-15H2,1H3. The minimum atomic E-state index is -0.00445. The van der Waals surface area contributed by atoms with Gasteiger partial charge in [0.15, 0.2) is 0 Å². The van der Waals surface area contributed by atoms with Crippen LogP contribution < -0.4 is 4.74 Å². The molecule has 0 radical (unpaired) electrons. The van der Waals surface area contributed by atoms with E-state index in [1.165, 1.54) is 5.56 Å². The van der Waals surface area contributed by atoms with Crippen LogP contribution in [0.15, 0.2) is 59.6 Å². The van der Waals surface area contributed by atoms with Crippen molar-refractivity contribution in [3.63, 3.8) is 0 Å². The van der Waals surface area contributed by atoms with Gasteiger partial charge < -0.3 is 4.74 Å². The molecule has 0 amide bonds. The maximum absolute atomic E-state index is 8.92. The van der Waals surface area contributed by atoms with E-state index in [4.69, 9.17) is 10.00 Å². The molecular formula is C20H22N4O. The maximum atomic E-state index is 8.92. The molecule has 0 bridgehead atoms. The largest absolute Gasteiger partial charge is 0.496 e. The number of hydrogen-bond acceptors (Lipinski definition) is 5. The SMILES string of the molecule is COc1ccccc1CC1N=CN(CCC#N)N1Cc1ccccc1. The third-order valence-electron chi connectivity index (χ3n) is 4.28. The zero-order chi connectivity index (χ0) is 17.5. The fraction of sp³-hybridized carbons (Fsp3) is 0.300. The third kappa shape index (κ3) is 4.17. The smallest absolute Gasteiger partial charge is 0.125 e. The van der Waals surface area contributed by atoms with Crippen LogP contribution in [0, 0.1) is 11.3 Å². The first-order valence-electron chi connectivity index (χ1n) is 8.41. The van der Waals surface area contributed by atoms with E-state index in [2.05, 4.69) is 39.3 Å². The van der Waals surface area contributed by atoms with Crippen molar-refractivity contribution in [1.82, 2.24) is 10.0 Å². The van der Waals surface area contributed by atoms with E-state index in [9.17, 15) is 0 Å². The molecule has 2 aromatic carbocycles. The molecule has 5 heteroatoms. The van der Waals surface area contributed by atoms with Crippen molar-refractivity contribution in [3.8, 4) is 11.8 Å². The lowest BCUT2D eigenvalue weighted by Crippen LogP contribution is -2.43. The summed E-state index contributed by atoms with van der Waals surface area (Å²) in [5, 5.41) is 13.2. The Morgan fingerprint density at radius 3 is 2.64 bits per heavy atom. The zero-order valence-electron chi connectivity index (χ0n) is 14.4. The average molecular weight is 334 g/mol. The predicted molar refractivity (Wildman–Crippen MR) is 97.9 cm³/mol. The highest BCUT2D eigenvalue weighted by molar-refractivity contribution is 5.57. The Hall–Kier alpha value is -2.84. The normalized spacial score (nSPS) is 16.8. The Labute approximate surface area is 148 Å². The summed E-state index contributed by atoms with van der Waals surface area (Å²) in [5.74, 6) is 0.882. The van der Waals surface area contributed by atoms with Crippen molar-refractivity contribution < 1.29 is 4.74 Å². The van der Waals surface area contributed by atoms with Crippen molar-refractivity contribution in [1.29, 1.82) is 5.26 Å². The molecule has 0 spiro atoms. The first kappa shape index (κ1) is 17.0. The van der Waals surface area contributed by atoms with Crippen LogP contribution in [-0.2, 0) is 13.0 Å². The number of methoxy groups -OCH3 is 1. The molecule has 0 aromatic heterocycles. The molecule has 1 heterocycles.